The highest BCUT2D eigenvalue weighted by Gasteiger charge is 2.17. The van der Waals surface area contributed by atoms with Gasteiger partial charge in [-0.05, 0) is 19.9 Å². The van der Waals surface area contributed by atoms with Crippen molar-refractivity contribution in [2.24, 2.45) is 5.73 Å². The van der Waals surface area contributed by atoms with E-state index < -0.39 is 17.9 Å². The molecule has 8 heteroatoms. The van der Waals surface area contributed by atoms with Crippen LogP contribution in [0.2, 0.25) is 0 Å². The molecule has 0 aliphatic carbocycles. The van der Waals surface area contributed by atoms with E-state index in [-0.39, 0.29) is 12.1 Å². The number of rotatable bonds is 8. The van der Waals surface area contributed by atoms with Gasteiger partial charge >= 0.3 is 5.97 Å². The van der Waals surface area contributed by atoms with Crippen LogP contribution in [0.25, 0.3) is 0 Å². The lowest BCUT2D eigenvalue weighted by atomic mass is 10.2. The molecule has 0 heterocycles. The molecule has 0 radical (unpaired) electrons. The first-order valence-corrected chi connectivity index (χ1v) is 5.53. The first kappa shape index (κ1) is 16.6. The molecule has 1 atom stereocenters. The van der Waals surface area contributed by atoms with E-state index in [2.05, 4.69) is 5.32 Å². The fourth-order valence-electron chi connectivity index (χ4n) is 1.06. The van der Waals surface area contributed by atoms with Gasteiger partial charge in [-0.2, -0.15) is 5.26 Å². The van der Waals surface area contributed by atoms with E-state index in [0.29, 0.717) is 19.4 Å². The van der Waals surface area contributed by atoms with Crippen molar-refractivity contribution in [2.75, 3.05) is 13.1 Å². The minimum atomic E-state index is -1.22. The molecule has 0 saturated carbocycles. The standard InChI is InChI=1S/C11H16N4O4/c1-8(11(18)19)14-10(17)9(5-13)6-15(7-16)4-2-3-12/h6-8H,2-4,12H2,1H3,(H,14,17)(H,18,19)/b9-6-. The van der Waals surface area contributed by atoms with Gasteiger partial charge in [0.25, 0.3) is 5.91 Å². The Labute approximate surface area is 110 Å². The van der Waals surface area contributed by atoms with Crippen molar-refractivity contribution in [3.05, 3.63) is 11.8 Å². The highest BCUT2D eigenvalue weighted by molar-refractivity contribution is 5.99. The molecule has 104 valence electrons. The lowest BCUT2D eigenvalue weighted by Crippen LogP contribution is -2.39. The molecule has 8 nitrogen and oxygen atoms in total. The number of amides is 2. The lowest BCUT2D eigenvalue weighted by Gasteiger charge is -2.13. The maximum atomic E-state index is 11.6. The van der Waals surface area contributed by atoms with Gasteiger partial charge in [-0.1, -0.05) is 0 Å². The van der Waals surface area contributed by atoms with Gasteiger partial charge in [0.1, 0.15) is 17.7 Å². The largest absolute Gasteiger partial charge is 0.480 e. The lowest BCUT2D eigenvalue weighted by molar-refractivity contribution is -0.140. The summed E-state index contributed by atoms with van der Waals surface area (Å²) in [7, 11) is 0. The Hall–Kier alpha value is -2.40. The normalized spacial score (nSPS) is 12.2. The molecule has 0 rings (SSSR count). The predicted octanol–water partition coefficient (Wildman–Crippen LogP) is -1.21. The number of nitrogens with one attached hydrogen (secondary N) is 1. The summed E-state index contributed by atoms with van der Waals surface area (Å²) >= 11 is 0. The third-order valence-corrected chi connectivity index (χ3v) is 2.13. The Kier molecular flexibility index (Phi) is 7.56. The Bertz CT molecular complexity index is 413. The zero-order valence-electron chi connectivity index (χ0n) is 10.5. The van der Waals surface area contributed by atoms with E-state index >= 15 is 0 Å². The Morgan fingerprint density at radius 2 is 2.21 bits per heavy atom. The fourth-order valence-corrected chi connectivity index (χ4v) is 1.06. The molecule has 0 bridgehead atoms. The van der Waals surface area contributed by atoms with Gasteiger partial charge in [-0.3, -0.25) is 14.4 Å². The summed E-state index contributed by atoms with van der Waals surface area (Å²) in [6.45, 7) is 1.90. The highest BCUT2D eigenvalue weighted by atomic mass is 16.4. The minimum absolute atomic E-state index is 0.271. The third-order valence-electron chi connectivity index (χ3n) is 2.13. The van der Waals surface area contributed by atoms with Crippen molar-refractivity contribution in [2.45, 2.75) is 19.4 Å². The maximum absolute atomic E-state index is 11.6. The topological polar surface area (TPSA) is 137 Å². The van der Waals surface area contributed by atoms with E-state index in [1.165, 1.54) is 6.92 Å². The molecular formula is C11H16N4O4. The van der Waals surface area contributed by atoms with Crippen LogP contribution in [0.5, 0.6) is 0 Å². The smallest absolute Gasteiger partial charge is 0.325 e. The van der Waals surface area contributed by atoms with Crippen LogP contribution in [-0.2, 0) is 14.4 Å². The number of carboxylic acids is 1. The van der Waals surface area contributed by atoms with Gasteiger partial charge in [-0.15, -0.1) is 0 Å². The van der Waals surface area contributed by atoms with E-state index in [1.807, 2.05) is 0 Å². The van der Waals surface area contributed by atoms with Crippen molar-refractivity contribution in [1.29, 1.82) is 5.26 Å². The quantitative estimate of drug-likeness (QED) is 0.287. The van der Waals surface area contributed by atoms with Gasteiger partial charge in [0.15, 0.2) is 0 Å². The summed E-state index contributed by atoms with van der Waals surface area (Å²) < 4.78 is 0. The van der Waals surface area contributed by atoms with Crippen molar-refractivity contribution >= 4 is 18.3 Å². The number of carboxylic acid groups (broad SMARTS) is 1. The summed E-state index contributed by atoms with van der Waals surface area (Å²) in [6.07, 6.45) is 2.04. The van der Waals surface area contributed by atoms with Crippen LogP contribution in [0, 0.1) is 11.3 Å². The number of aliphatic carboxylic acids is 1. The molecule has 0 aliphatic rings. The summed E-state index contributed by atoms with van der Waals surface area (Å²) in [5.41, 5.74) is 4.93. The fraction of sp³-hybridized carbons (Fsp3) is 0.455. The van der Waals surface area contributed by atoms with Crippen molar-refractivity contribution in [3.63, 3.8) is 0 Å². The van der Waals surface area contributed by atoms with E-state index in [0.717, 1.165) is 11.1 Å². The Balaban J connectivity index is 4.79. The second-order valence-electron chi connectivity index (χ2n) is 3.67. The van der Waals surface area contributed by atoms with Gasteiger partial charge < -0.3 is 21.1 Å². The van der Waals surface area contributed by atoms with E-state index in [9.17, 15) is 14.4 Å². The molecule has 0 spiro atoms. The number of hydrogen-bond acceptors (Lipinski definition) is 5. The molecular weight excluding hydrogens is 252 g/mol. The van der Waals surface area contributed by atoms with E-state index in [4.69, 9.17) is 16.1 Å². The van der Waals surface area contributed by atoms with Crippen LogP contribution in [0.3, 0.4) is 0 Å². The van der Waals surface area contributed by atoms with Crippen LogP contribution in [-0.4, -0.2) is 47.4 Å². The molecule has 0 aliphatic heterocycles. The molecule has 0 fully saturated rings. The molecule has 0 saturated heterocycles. The van der Waals surface area contributed by atoms with Crippen LogP contribution in [0.15, 0.2) is 11.8 Å². The number of carbonyl (C=O) groups excluding carboxylic acids is 2. The molecule has 0 aromatic carbocycles. The summed E-state index contributed by atoms with van der Waals surface area (Å²) in [6, 6.07) is 0.485. The first-order valence-electron chi connectivity index (χ1n) is 5.53. The van der Waals surface area contributed by atoms with Crippen LogP contribution >= 0.6 is 0 Å². The average molecular weight is 268 g/mol. The second kappa shape index (κ2) is 8.66. The number of hydrogen-bond donors (Lipinski definition) is 3. The summed E-state index contributed by atoms with van der Waals surface area (Å²) in [4.78, 5) is 34.0. The van der Waals surface area contributed by atoms with E-state index in [1.54, 1.807) is 6.07 Å². The average Bonchev–Trinajstić information content (AvgIpc) is 2.38. The highest BCUT2D eigenvalue weighted by Crippen LogP contribution is 1.98. The van der Waals surface area contributed by atoms with Crippen molar-refractivity contribution in [1.82, 2.24) is 10.2 Å². The van der Waals surface area contributed by atoms with Crippen molar-refractivity contribution in [3.8, 4) is 6.07 Å². The molecule has 0 aromatic heterocycles. The van der Waals surface area contributed by atoms with Gasteiger partial charge in [0, 0.05) is 12.7 Å². The number of carbonyl (C=O) groups is 3. The first-order chi connectivity index (χ1) is 8.96. The number of nitrogens with zero attached hydrogens (tertiary/aromatic N) is 2. The number of nitriles is 1. The third kappa shape index (κ3) is 6.18. The predicted molar refractivity (Wildman–Crippen MR) is 65.4 cm³/mol. The van der Waals surface area contributed by atoms with Crippen LogP contribution in [0.1, 0.15) is 13.3 Å². The second-order valence-corrected chi connectivity index (χ2v) is 3.67. The maximum Gasteiger partial charge on any atom is 0.325 e. The number of nitrogens with two attached hydrogens (primary N) is 1. The van der Waals surface area contributed by atoms with Gasteiger partial charge in [-0.25, -0.2) is 0 Å². The molecule has 4 N–H and O–H groups in total. The molecule has 1 unspecified atom stereocenters. The molecule has 2 amide bonds. The minimum Gasteiger partial charge on any atom is -0.480 e. The summed E-state index contributed by atoms with van der Waals surface area (Å²) in [5, 5.41) is 19.6. The van der Waals surface area contributed by atoms with Gasteiger partial charge in [0.05, 0.1) is 0 Å². The van der Waals surface area contributed by atoms with Gasteiger partial charge in [0.2, 0.25) is 6.41 Å². The van der Waals surface area contributed by atoms with Crippen molar-refractivity contribution < 1.29 is 19.5 Å². The van der Waals surface area contributed by atoms with Crippen LogP contribution < -0.4 is 11.1 Å². The molecule has 19 heavy (non-hydrogen) atoms. The SMILES string of the molecule is CC(NC(=O)/C(C#N)=C\N(C=O)CCCN)C(=O)O. The molecule has 0 aromatic rings. The zero-order valence-corrected chi connectivity index (χ0v) is 10.5. The monoisotopic (exact) mass is 268 g/mol. The Morgan fingerprint density at radius 3 is 2.63 bits per heavy atom. The zero-order chi connectivity index (χ0) is 14.8. The van der Waals surface area contributed by atoms with Crippen LogP contribution in [0.4, 0.5) is 0 Å². The Morgan fingerprint density at radius 1 is 1.58 bits per heavy atom. The summed E-state index contributed by atoms with van der Waals surface area (Å²) in [5.74, 6) is -2.07.